The van der Waals surface area contributed by atoms with E-state index in [0.717, 1.165) is 17.3 Å². The molecule has 0 amide bonds. The van der Waals surface area contributed by atoms with Crippen molar-refractivity contribution in [2.75, 3.05) is 0 Å². The Balaban J connectivity index is 1.99. The van der Waals surface area contributed by atoms with Gasteiger partial charge >= 0.3 is 6.18 Å². The van der Waals surface area contributed by atoms with Crippen LogP contribution in [0, 0.1) is 6.92 Å². The minimum Gasteiger partial charge on any atom is -0.304 e. The van der Waals surface area contributed by atoms with Crippen LogP contribution in [0.5, 0.6) is 0 Å². The van der Waals surface area contributed by atoms with Crippen molar-refractivity contribution in [3.63, 3.8) is 0 Å². The van der Waals surface area contributed by atoms with E-state index in [1.54, 1.807) is 10.9 Å². The van der Waals surface area contributed by atoms with Crippen LogP contribution in [-0.2, 0) is 19.8 Å². The van der Waals surface area contributed by atoms with Crippen LogP contribution >= 0.6 is 0 Å². The lowest BCUT2D eigenvalue weighted by atomic mass is 10.1. The molecule has 110 valence electrons. The fourth-order valence-electron chi connectivity index (χ4n) is 1.91. The third-order valence-corrected chi connectivity index (χ3v) is 3.26. The number of nitrogens with one attached hydrogen (secondary N) is 2. The molecule has 2 rings (SSSR count). The van der Waals surface area contributed by atoms with Crippen molar-refractivity contribution in [2.45, 2.75) is 32.6 Å². The quantitative estimate of drug-likeness (QED) is 0.907. The molecule has 2 N–H and O–H groups in total. The van der Waals surface area contributed by atoms with E-state index in [0.29, 0.717) is 5.69 Å². The molecule has 0 aliphatic heterocycles. The number of rotatable bonds is 4. The van der Waals surface area contributed by atoms with Crippen LogP contribution in [-0.4, -0.2) is 20.0 Å². The summed E-state index contributed by atoms with van der Waals surface area (Å²) in [5.74, 6) is 0. The van der Waals surface area contributed by atoms with E-state index in [4.69, 9.17) is 0 Å². The first-order valence-corrected chi connectivity index (χ1v) is 6.12. The summed E-state index contributed by atoms with van der Waals surface area (Å²) in [5, 5.41) is 12.9. The van der Waals surface area contributed by atoms with Crippen molar-refractivity contribution >= 4 is 0 Å². The van der Waals surface area contributed by atoms with E-state index in [9.17, 15) is 13.2 Å². The van der Waals surface area contributed by atoms with E-state index in [-0.39, 0.29) is 12.6 Å². The molecule has 0 bridgehead atoms. The van der Waals surface area contributed by atoms with Gasteiger partial charge in [0.2, 0.25) is 0 Å². The molecule has 8 heteroatoms. The molecule has 1 atom stereocenters. The van der Waals surface area contributed by atoms with E-state index < -0.39 is 11.9 Å². The van der Waals surface area contributed by atoms with Gasteiger partial charge in [-0.3, -0.25) is 9.78 Å². The SMILES string of the molecule is Cc1c(C(C)NCc2cc(C(F)(F)F)n[nH]2)cnn1C. The van der Waals surface area contributed by atoms with Crippen LogP contribution in [0.4, 0.5) is 13.2 Å². The second-order valence-electron chi connectivity index (χ2n) is 4.69. The Morgan fingerprint density at radius 3 is 2.65 bits per heavy atom. The maximum atomic E-state index is 12.4. The van der Waals surface area contributed by atoms with Gasteiger partial charge in [-0.1, -0.05) is 0 Å². The van der Waals surface area contributed by atoms with Crippen molar-refractivity contribution < 1.29 is 13.2 Å². The van der Waals surface area contributed by atoms with Crippen molar-refractivity contribution in [3.05, 3.63) is 34.9 Å². The molecule has 2 aromatic rings. The molecule has 0 aromatic carbocycles. The monoisotopic (exact) mass is 287 g/mol. The molecule has 20 heavy (non-hydrogen) atoms. The minimum atomic E-state index is -4.42. The van der Waals surface area contributed by atoms with E-state index >= 15 is 0 Å². The number of aryl methyl sites for hydroxylation is 1. The van der Waals surface area contributed by atoms with Gasteiger partial charge in [0, 0.05) is 36.6 Å². The second kappa shape index (κ2) is 5.28. The third-order valence-electron chi connectivity index (χ3n) is 3.26. The molecule has 0 fully saturated rings. The molecule has 2 aromatic heterocycles. The molecule has 0 aliphatic rings. The number of hydrogen-bond donors (Lipinski definition) is 2. The van der Waals surface area contributed by atoms with Gasteiger partial charge in [-0.15, -0.1) is 0 Å². The van der Waals surface area contributed by atoms with Gasteiger partial charge in [0.1, 0.15) is 0 Å². The molecule has 0 saturated heterocycles. The van der Waals surface area contributed by atoms with Gasteiger partial charge in [0.05, 0.1) is 6.20 Å². The van der Waals surface area contributed by atoms with Gasteiger partial charge in [-0.05, 0) is 19.9 Å². The van der Waals surface area contributed by atoms with Gasteiger partial charge in [-0.25, -0.2) is 0 Å². The normalized spacial score (nSPS) is 13.7. The summed E-state index contributed by atoms with van der Waals surface area (Å²) < 4.78 is 39.0. The Hall–Kier alpha value is -1.83. The van der Waals surface area contributed by atoms with Crippen molar-refractivity contribution in [3.8, 4) is 0 Å². The van der Waals surface area contributed by atoms with Crippen LogP contribution in [0.15, 0.2) is 12.3 Å². The number of aromatic amines is 1. The maximum absolute atomic E-state index is 12.4. The highest BCUT2D eigenvalue weighted by Crippen LogP contribution is 2.27. The summed E-state index contributed by atoms with van der Waals surface area (Å²) in [6.07, 6.45) is -2.67. The molecule has 2 heterocycles. The smallest absolute Gasteiger partial charge is 0.304 e. The summed E-state index contributed by atoms with van der Waals surface area (Å²) >= 11 is 0. The summed E-state index contributed by atoms with van der Waals surface area (Å²) in [6, 6.07) is 0.997. The second-order valence-corrected chi connectivity index (χ2v) is 4.69. The first-order chi connectivity index (χ1) is 9.29. The molecule has 1 unspecified atom stereocenters. The average molecular weight is 287 g/mol. The lowest BCUT2D eigenvalue weighted by Crippen LogP contribution is -2.18. The first-order valence-electron chi connectivity index (χ1n) is 6.12. The lowest BCUT2D eigenvalue weighted by molar-refractivity contribution is -0.141. The highest BCUT2D eigenvalue weighted by Gasteiger charge is 2.33. The van der Waals surface area contributed by atoms with Crippen LogP contribution in [0.25, 0.3) is 0 Å². The molecule has 0 saturated carbocycles. The zero-order valence-electron chi connectivity index (χ0n) is 11.4. The van der Waals surface area contributed by atoms with Crippen LogP contribution in [0.3, 0.4) is 0 Å². The van der Waals surface area contributed by atoms with Gasteiger partial charge in [-0.2, -0.15) is 23.4 Å². The minimum absolute atomic E-state index is 0.0127. The Morgan fingerprint density at radius 2 is 2.15 bits per heavy atom. The van der Waals surface area contributed by atoms with Gasteiger partial charge in [0.15, 0.2) is 5.69 Å². The molecule has 0 radical (unpaired) electrons. The lowest BCUT2D eigenvalue weighted by Gasteiger charge is -2.12. The van der Waals surface area contributed by atoms with E-state index in [1.807, 2.05) is 20.9 Å². The number of nitrogens with zero attached hydrogens (tertiary/aromatic N) is 3. The van der Waals surface area contributed by atoms with Crippen molar-refractivity contribution in [1.29, 1.82) is 0 Å². The van der Waals surface area contributed by atoms with Crippen LogP contribution in [0.2, 0.25) is 0 Å². The highest BCUT2D eigenvalue weighted by atomic mass is 19.4. The van der Waals surface area contributed by atoms with Crippen LogP contribution in [0.1, 0.15) is 35.6 Å². The van der Waals surface area contributed by atoms with Crippen molar-refractivity contribution in [2.24, 2.45) is 7.05 Å². The fraction of sp³-hybridized carbons (Fsp3) is 0.500. The zero-order chi connectivity index (χ0) is 14.9. The largest absolute Gasteiger partial charge is 0.435 e. The Morgan fingerprint density at radius 1 is 1.45 bits per heavy atom. The first kappa shape index (κ1) is 14.6. The van der Waals surface area contributed by atoms with E-state index in [2.05, 4.69) is 20.6 Å². The molecule has 0 spiro atoms. The van der Waals surface area contributed by atoms with Gasteiger partial charge < -0.3 is 5.32 Å². The number of hydrogen-bond acceptors (Lipinski definition) is 3. The van der Waals surface area contributed by atoms with Crippen LogP contribution < -0.4 is 5.32 Å². The Kier molecular flexibility index (Phi) is 3.85. The summed E-state index contributed by atoms with van der Waals surface area (Å²) in [4.78, 5) is 0. The predicted molar refractivity (Wildman–Crippen MR) is 66.8 cm³/mol. The third kappa shape index (κ3) is 3.01. The Bertz CT molecular complexity index is 584. The van der Waals surface area contributed by atoms with E-state index in [1.165, 1.54) is 0 Å². The standard InChI is InChI=1S/C12H16F3N5/c1-7(10-6-17-20(3)8(10)2)16-5-9-4-11(19-18-9)12(13,14)15/h4,6-7,16H,5H2,1-3H3,(H,18,19). The molecular weight excluding hydrogens is 271 g/mol. The zero-order valence-corrected chi connectivity index (χ0v) is 11.4. The summed E-state index contributed by atoms with van der Waals surface area (Å²) in [6.45, 7) is 4.15. The number of H-pyrrole nitrogens is 1. The highest BCUT2D eigenvalue weighted by molar-refractivity contribution is 5.20. The summed E-state index contributed by atoms with van der Waals surface area (Å²) in [5.41, 5.74) is 1.53. The summed E-state index contributed by atoms with van der Waals surface area (Å²) in [7, 11) is 1.84. The molecule has 0 aliphatic carbocycles. The number of aromatic nitrogens is 4. The predicted octanol–water partition coefficient (Wildman–Crippen LogP) is 2.32. The number of alkyl halides is 3. The fourth-order valence-corrected chi connectivity index (χ4v) is 1.91. The van der Waals surface area contributed by atoms with Crippen molar-refractivity contribution in [1.82, 2.24) is 25.3 Å². The maximum Gasteiger partial charge on any atom is 0.435 e. The molecular formula is C12H16F3N5. The average Bonchev–Trinajstić information content (AvgIpc) is 2.95. The van der Waals surface area contributed by atoms with Gasteiger partial charge in [0.25, 0.3) is 0 Å². The number of halogens is 3. The Labute approximate surface area is 114 Å². The topological polar surface area (TPSA) is 58.5 Å². The molecule has 5 nitrogen and oxygen atoms in total.